The van der Waals surface area contributed by atoms with Gasteiger partial charge >= 0.3 is 0 Å². The first kappa shape index (κ1) is 14.0. The van der Waals surface area contributed by atoms with Gasteiger partial charge in [-0.05, 0) is 41.8 Å². The van der Waals surface area contributed by atoms with Gasteiger partial charge < -0.3 is 0 Å². The van der Waals surface area contributed by atoms with Crippen LogP contribution in [0.1, 0.15) is 16.8 Å². The number of rotatable bonds is 3. The standard InChI is InChI=1S/C18H17N5/c1-2-16(10-20-6-1)18-21-11-15-5-9-23(13-17(15)22-18)12-14-3-7-19-8-4-14/h1-4,6-8,10-11H,5,9,12-13H2. The van der Waals surface area contributed by atoms with E-state index in [0.29, 0.717) is 0 Å². The molecule has 0 saturated heterocycles. The van der Waals surface area contributed by atoms with E-state index in [4.69, 9.17) is 4.98 Å². The van der Waals surface area contributed by atoms with Crippen LogP contribution in [-0.2, 0) is 19.5 Å². The number of fused-ring (bicyclic) bond motifs is 1. The molecule has 0 fully saturated rings. The minimum atomic E-state index is 0.752. The molecule has 0 radical (unpaired) electrons. The van der Waals surface area contributed by atoms with Gasteiger partial charge in [0.25, 0.3) is 0 Å². The first-order chi connectivity index (χ1) is 11.4. The first-order valence-electron chi connectivity index (χ1n) is 7.75. The summed E-state index contributed by atoms with van der Waals surface area (Å²) in [5.41, 5.74) is 4.62. The Morgan fingerprint density at radius 3 is 2.74 bits per heavy atom. The van der Waals surface area contributed by atoms with Crippen LogP contribution in [-0.4, -0.2) is 31.4 Å². The third kappa shape index (κ3) is 3.10. The molecule has 23 heavy (non-hydrogen) atoms. The Morgan fingerprint density at radius 1 is 1.00 bits per heavy atom. The summed E-state index contributed by atoms with van der Waals surface area (Å²) < 4.78 is 0. The van der Waals surface area contributed by atoms with Crippen LogP contribution in [0.4, 0.5) is 0 Å². The van der Waals surface area contributed by atoms with E-state index in [2.05, 4.69) is 32.0 Å². The molecule has 0 unspecified atom stereocenters. The lowest BCUT2D eigenvalue weighted by Gasteiger charge is -2.27. The zero-order valence-corrected chi connectivity index (χ0v) is 12.8. The molecule has 0 amide bonds. The molecule has 1 aliphatic heterocycles. The second-order valence-corrected chi connectivity index (χ2v) is 5.72. The average Bonchev–Trinajstić information content (AvgIpc) is 2.63. The van der Waals surface area contributed by atoms with Gasteiger partial charge in [-0.15, -0.1) is 0 Å². The Kier molecular flexibility index (Phi) is 3.78. The fraction of sp³-hybridized carbons (Fsp3) is 0.222. The van der Waals surface area contributed by atoms with Crippen molar-refractivity contribution in [2.24, 2.45) is 0 Å². The molecule has 3 aromatic rings. The molecule has 0 N–H and O–H groups in total. The predicted octanol–water partition coefficient (Wildman–Crippen LogP) is 2.49. The van der Waals surface area contributed by atoms with Crippen LogP contribution in [0, 0.1) is 0 Å². The SMILES string of the molecule is c1cncc(-c2ncc3c(n2)CN(Cc2ccncc2)CC3)c1. The topological polar surface area (TPSA) is 54.8 Å². The number of hydrogen-bond donors (Lipinski definition) is 0. The summed E-state index contributed by atoms with van der Waals surface area (Å²) >= 11 is 0. The molecular formula is C18H17N5. The monoisotopic (exact) mass is 303 g/mol. The van der Waals surface area contributed by atoms with Crippen molar-refractivity contribution in [1.29, 1.82) is 0 Å². The summed E-state index contributed by atoms with van der Waals surface area (Å²) in [6, 6.07) is 8.04. The van der Waals surface area contributed by atoms with Crippen molar-refractivity contribution in [3.63, 3.8) is 0 Å². The fourth-order valence-electron chi connectivity index (χ4n) is 2.87. The quantitative estimate of drug-likeness (QED) is 0.744. The van der Waals surface area contributed by atoms with Crippen molar-refractivity contribution in [3.05, 3.63) is 72.1 Å². The summed E-state index contributed by atoms with van der Waals surface area (Å²) in [5.74, 6) is 0.752. The van der Waals surface area contributed by atoms with Crippen LogP contribution >= 0.6 is 0 Å². The zero-order valence-electron chi connectivity index (χ0n) is 12.8. The van der Waals surface area contributed by atoms with Crippen LogP contribution in [0.25, 0.3) is 11.4 Å². The summed E-state index contributed by atoms with van der Waals surface area (Å²) in [4.78, 5) is 19.9. The lowest BCUT2D eigenvalue weighted by atomic mass is 10.1. The van der Waals surface area contributed by atoms with Gasteiger partial charge in [0.2, 0.25) is 0 Å². The maximum atomic E-state index is 4.77. The maximum Gasteiger partial charge on any atom is 0.160 e. The molecule has 0 spiro atoms. The van der Waals surface area contributed by atoms with Crippen LogP contribution in [0.15, 0.2) is 55.2 Å². The van der Waals surface area contributed by atoms with Gasteiger partial charge in [0, 0.05) is 56.2 Å². The average molecular weight is 303 g/mol. The van der Waals surface area contributed by atoms with Crippen molar-refractivity contribution in [3.8, 4) is 11.4 Å². The van der Waals surface area contributed by atoms with Gasteiger partial charge in [-0.2, -0.15) is 0 Å². The van der Waals surface area contributed by atoms with E-state index in [1.807, 2.05) is 30.7 Å². The molecule has 0 aliphatic carbocycles. The molecule has 0 saturated carbocycles. The number of aromatic nitrogens is 4. The van der Waals surface area contributed by atoms with Crippen LogP contribution in [0.3, 0.4) is 0 Å². The van der Waals surface area contributed by atoms with E-state index in [0.717, 1.165) is 43.1 Å². The normalized spacial score (nSPS) is 14.4. The predicted molar refractivity (Wildman–Crippen MR) is 87.3 cm³/mol. The highest BCUT2D eigenvalue weighted by Crippen LogP contribution is 2.21. The first-order valence-corrected chi connectivity index (χ1v) is 7.75. The molecule has 5 nitrogen and oxygen atoms in total. The van der Waals surface area contributed by atoms with Gasteiger partial charge in [0.15, 0.2) is 5.82 Å². The lowest BCUT2D eigenvalue weighted by Crippen LogP contribution is -2.31. The molecule has 5 heteroatoms. The Hall–Kier alpha value is -2.66. The molecular weight excluding hydrogens is 286 g/mol. The van der Waals surface area contributed by atoms with Gasteiger partial charge in [0.1, 0.15) is 0 Å². The van der Waals surface area contributed by atoms with Crippen LogP contribution in [0.5, 0.6) is 0 Å². The van der Waals surface area contributed by atoms with Gasteiger partial charge in [-0.25, -0.2) is 9.97 Å². The highest BCUT2D eigenvalue weighted by molar-refractivity contribution is 5.53. The van der Waals surface area contributed by atoms with Crippen molar-refractivity contribution in [2.75, 3.05) is 6.54 Å². The molecule has 0 aromatic carbocycles. The second-order valence-electron chi connectivity index (χ2n) is 5.72. The Morgan fingerprint density at radius 2 is 1.91 bits per heavy atom. The van der Waals surface area contributed by atoms with Gasteiger partial charge in [-0.1, -0.05) is 0 Å². The van der Waals surface area contributed by atoms with Crippen LogP contribution < -0.4 is 0 Å². The van der Waals surface area contributed by atoms with Crippen molar-refractivity contribution < 1.29 is 0 Å². The maximum absolute atomic E-state index is 4.77. The minimum Gasteiger partial charge on any atom is -0.293 e. The van der Waals surface area contributed by atoms with Gasteiger partial charge in [-0.3, -0.25) is 14.9 Å². The molecule has 0 atom stereocenters. The summed E-state index contributed by atoms with van der Waals surface area (Å²) in [6.45, 7) is 2.81. The highest BCUT2D eigenvalue weighted by Gasteiger charge is 2.19. The van der Waals surface area contributed by atoms with E-state index >= 15 is 0 Å². The molecule has 4 rings (SSSR count). The molecule has 114 valence electrons. The number of hydrogen-bond acceptors (Lipinski definition) is 5. The number of pyridine rings is 2. The Bertz CT molecular complexity index is 789. The zero-order chi connectivity index (χ0) is 15.5. The Labute approximate surface area is 135 Å². The molecule has 0 bridgehead atoms. The Balaban J connectivity index is 1.56. The van der Waals surface area contributed by atoms with E-state index in [9.17, 15) is 0 Å². The van der Waals surface area contributed by atoms with Crippen LogP contribution in [0.2, 0.25) is 0 Å². The van der Waals surface area contributed by atoms with Crippen molar-refractivity contribution >= 4 is 0 Å². The summed E-state index contributed by atoms with van der Waals surface area (Å²) in [5, 5.41) is 0. The lowest BCUT2D eigenvalue weighted by molar-refractivity contribution is 0.241. The van der Waals surface area contributed by atoms with E-state index in [1.54, 1.807) is 12.4 Å². The van der Waals surface area contributed by atoms with E-state index in [1.165, 1.54) is 11.1 Å². The van der Waals surface area contributed by atoms with Crippen molar-refractivity contribution in [1.82, 2.24) is 24.8 Å². The van der Waals surface area contributed by atoms with E-state index in [-0.39, 0.29) is 0 Å². The summed E-state index contributed by atoms with van der Waals surface area (Å²) in [6.07, 6.45) is 10.2. The third-order valence-corrected chi connectivity index (χ3v) is 4.10. The van der Waals surface area contributed by atoms with Gasteiger partial charge in [0.05, 0.1) is 5.69 Å². The van der Waals surface area contributed by atoms with Crippen molar-refractivity contribution in [2.45, 2.75) is 19.5 Å². The highest BCUT2D eigenvalue weighted by atomic mass is 15.1. The van der Waals surface area contributed by atoms with E-state index < -0.39 is 0 Å². The second kappa shape index (κ2) is 6.22. The smallest absolute Gasteiger partial charge is 0.160 e. The molecule has 3 aromatic heterocycles. The number of nitrogens with zero attached hydrogens (tertiary/aromatic N) is 5. The third-order valence-electron chi connectivity index (χ3n) is 4.10. The molecule has 4 heterocycles. The fourth-order valence-corrected chi connectivity index (χ4v) is 2.87. The minimum absolute atomic E-state index is 0.752. The summed E-state index contributed by atoms with van der Waals surface area (Å²) in [7, 11) is 0. The molecule has 1 aliphatic rings. The largest absolute Gasteiger partial charge is 0.293 e.